The smallest absolute Gasteiger partial charge is 0.0239 e. The number of nitrogens with zero attached hydrogens (tertiary/aromatic N) is 1. The number of hydrogen-bond donors (Lipinski definition) is 0. The van der Waals surface area contributed by atoms with Crippen molar-refractivity contribution in [2.45, 2.75) is 32.4 Å². The Morgan fingerprint density at radius 1 is 0.947 bits per heavy atom. The van der Waals surface area contributed by atoms with Gasteiger partial charge in [0.1, 0.15) is 0 Å². The summed E-state index contributed by atoms with van der Waals surface area (Å²) in [5, 5.41) is 0. The summed E-state index contributed by atoms with van der Waals surface area (Å²) in [6, 6.07) is 20.4. The molecule has 2 aromatic rings. The third kappa shape index (κ3) is 2.43. The molecule has 0 radical (unpaired) electrons. The zero-order valence-electron chi connectivity index (χ0n) is 11.7. The molecule has 3 rings (SSSR count). The van der Waals surface area contributed by atoms with E-state index in [0.29, 0.717) is 12.0 Å². The minimum absolute atomic E-state index is 0.508. The second-order valence-electron chi connectivity index (χ2n) is 5.69. The van der Waals surface area contributed by atoms with Crippen LogP contribution >= 0.6 is 0 Å². The molecule has 1 heteroatoms. The standard InChI is InChI=1S/C18H21N/c1-14(2)19-12-16-10-6-7-11-17(16)18(13-19)15-8-4-3-5-9-15/h3-11,14,18H,12-13H2,1-2H3. The molecule has 0 aliphatic carbocycles. The van der Waals surface area contributed by atoms with Crippen molar-refractivity contribution < 1.29 is 0 Å². The largest absolute Gasteiger partial charge is 0.296 e. The molecule has 0 N–H and O–H groups in total. The number of fused-ring (bicyclic) bond motifs is 1. The SMILES string of the molecule is CC(C)N1Cc2ccccc2C(c2ccccc2)C1. The third-order valence-corrected chi connectivity index (χ3v) is 4.15. The van der Waals surface area contributed by atoms with E-state index >= 15 is 0 Å². The van der Waals surface area contributed by atoms with Crippen LogP contribution in [-0.2, 0) is 6.54 Å². The first-order valence-corrected chi connectivity index (χ1v) is 7.12. The van der Waals surface area contributed by atoms with Crippen LogP contribution in [0.3, 0.4) is 0 Å². The van der Waals surface area contributed by atoms with Crippen LogP contribution in [-0.4, -0.2) is 17.5 Å². The summed E-state index contributed by atoms with van der Waals surface area (Å²) < 4.78 is 0. The highest BCUT2D eigenvalue weighted by Gasteiger charge is 2.27. The monoisotopic (exact) mass is 251 g/mol. The lowest BCUT2D eigenvalue weighted by Crippen LogP contribution is -2.38. The molecular formula is C18H21N. The van der Waals surface area contributed by atoms with Gasteiger partial charge in [0.05, 0.1) is 0 Å². The molecule has 1 atom stereocenters. The van der Waals surface area contributed by atoms with Crippen LogP contribution < -0.4 is 0 Å². The van der Waals surface area contributed by atoms with E-state index in [4.69, 9.17) is 0 Å². The molecule has 1 unspecified atom stereocenters. The minimum Gasteiger partial charge on any atom is -0.296 e. The molecule has 1 aliphatic rings. The van der Waals surface area contributed by atoms with Gasteiger partial charge >= 0.3 is 0 Å². The molecule has 0 aromatic heterocycles. The Kier molecular flexibility index (Phi) is 3.39. The molecule has 0 spiro atoms. The summed E-state index contributed by atoms with van der Waals surface area (Å²) in [6.07, 6.45) is 0. The molecule has 98 valence electrons. The van der Waals surface area contributed by atoms with Gasteiger partial charge in [-0.3, -0.25) is 4.90 Å². The van der Waals surface area contributed by atoms with Crippen LogP contribution in [0.2, 0.25) is 0 Å². The Hall–Kier alpha value is -1.60. The highest BCUT2D eigenvalue weighted by atomic mass is 15.2. The van der Waals surface area contributed by atoms with Gasteiger partial charge in [0, 0.05) is 25.0 Å². The lowest BCUT2D eigenvalue weighted by molar-refractivity contribution is 0.192. The molecule has 0 bridgehead atoms. The van der Waals surface area contributed by atoms with Crippen LogP contribution in [0.25, 0.3) is 0 Å². The molecule has 0 saturated heterocycles. The van der Waals surface area contributed by atoms with Crippen LogP contribution in [0, 0.1) is 0 Å². The fourth-order valence-electron chi connectivity index (χ4n) is 3.00. The highest BCUT2D eigenvalue weighted by Crippen LogP contribution is 2.33. The van der Waals surface area contributed by atoms with E-state index in [2.05, 4.69) is 73.3 Å². The maximum atomic E-state index is 2.57. The Morgan fingerprint density at radius 3 is 2.37 bits per heavy atom. The van der Waals surface area contributed by atoms with Gasteiger partial charge in [-0.1, -0.05) is 54.6 Å². The number of rotatable bonds is 2. The average molecular weight is 251 g/mol. The zero-order valence-corrected chi connectivity index (χ0v) is 11.7. The molecule has 2 aromatic carbocycles. The van der Waals surface area contributed by atoms with Crippen LogP contribution in [0.5, 0.6) is 0 Å². The molecule has 1 aliphatic heterocycles. The Morgan fingerprint density at radius 2 is 1.63 bits per heavy atom. The topological polar surface area (TPSA) is 3.24 Å². The Bertz CT molecular complexity index is 545. The first-order chi connectivity index (χ1) is 9.25. The first kappa shape index (κ1) is 12.4. The molecular weight excluding hydrogens is 230 g/mol. The predicted octanol–water partition coefficient (Wildman–Crippen LogP) is 4.04. The normalized spacial score (nSPS) is 19.4. The summed E-state index contributed by atoms with van der Waals surface area (Å²) in [4.78, 5) is 2.57. The van der Waals surface area contributed by atoms with Crippen molar-refractivity contribution in [3.8, 4) is 0 Å². The zero-order chi connectivity index (χ0) is 13.2. The lowest BCUT2D eigenvalue weighted by atomic mass is 9.84. The average Bonchev–Trinajstić information content (AvgIpc) is 2.47. The van der Waals surface area contributed by atoms with E-state index in [9.17, 15) is 0 Å². The molecule has 0 amide bonds. The minimum atomic E-state index is 0.508. The number of benzene rings is 2. The second-order valence-corrected chi connectivity index (χ2v) is 5.69. The Labute approximate surface area is 115 Å². The molecule has 19 heavy (non-hydrogen) atoms. The van der Waals surface area contributed by atoms with Gasteiger partial charge in [0.25, 0.3) is 0 Å². The van der Waals surface area contributed by atoms with E-state index in [-0.39, 0.29) is 0 Å². The molecule has 0 fully saturated rings. The molecule has 1 heterocycles. The van der Waals surface area contributed by atoms with Crippen molar-refractivity contribution >= 4 is 0 Å². The maximum Gasteiger partial charge on any atom is 0.0239 e. The summed E-state index contributed by atoms with van der Waals surface area (Å²) in [7, 11) is 0. The molecule has 1 nitrogen and oxygen atoms in total. The van der Waals surface area contributed by atoms with Gasteiger partial charge < -0.3 is 0 Å². The van der Waals surface area contributed by atoms with Gasteiger partial charge in [-0.15, -0.1) is 0 Å². The Balaban J connectivity index is 2.03. The van der Waals surface area contributed by atoms with E-state index in [1.54, 1.807) is 0 Å². The second kappa shape index (κ2) is 5.18. The van der Waals surface area contributed by atoms with E-state index < -0.39 is 0 Å². The van der Waals surface area contributed by atoms with E-state index in [1.807, 2.05) is 0 Å². The van der Waals surface area contributed by atoms with Gasteiger partial charge in [-0.05, 0) is 30.5 Å². The predicted molar refractivity (Wildman–Crippen MR) is 80.3 cm³/mol. The summed E-state index contributed by atoms with van der Waals surface area (Å²) in [6.45, 7) is 6.78. The van der Waals surface area contributed by atoms with Crippen LogP contribution in [0.1, 0.15) is 36.5 Å². The lowest BCUT2D eigenvalue weighted by Gasteiger charge is -2.37. The summed E-state index contributed by atoms with van der Waals surface area (Å²) >= 11 is 0. The third-order valence-electron chi connectivity index (χ3n) is 4.15. The summed E-state index contributed by atoms with van der Waals surface area (Å²) in [5.41, 5.74) is 4.42. The van der Waals surface area contributed by atoms with Crippen molar-refractivity contribution in [1.82, 2.24) is 4.90 Å². The first-order valence-electron chi connectivity index (χ1n) is 7.12. The van der Waals surface area contributed by atoms with Crippen molar-refractivity contribution in [3.05, 3.63) is 71.3 Å². The van der Waals surface area contributed by atoms with E-state index in [1.165, 1.54) is 16.7 Å². The van der Waals surface area contributed by atoms with Gasteiger partial charge in [-0.2, -0.15) is 0 Å². The van der Waals surface area contributed by atoms with Gasteiger partial charge in [0.2, 0.25) is 0 Å². The van der Waals surface area contributed by atoms with E-state index in [0.717, 1.165) is 13.1 Å². The highest BCUT2D eigenvalue weighted by molar-refractivity contribution is 5.40. The summed E-state index contributed by atoms with van der Waals surface area (Å²) in [5.74, 6) is 0.508. The van der Waals surface area contributed by atoms with Gasteiger partial charge in [0.15, 0.2) is 0 Å². The van der Waals surface area contributed by atoms with Crippen molar-refractivity contribution in [2.75, 3.05) is 6.54 Å². The fourth-order valence-corrected chi connectivity index (χ4v) is 3.00. The van der Waals surface area contributed by atoms with Gasteiger partial charge in [-0.25, -0.2) is 0 Å². The number of hydrogen-bond acceptors (Lipinski definition) is 1. The van der Waals surface area contributed by atoms with Crippen molar-refractivity contribution in [3.63, 3.8) is 0 Å². The van der Waals surface area contributed by atoms with Crippen LogP contribution in [0.4, 0.5) is 0 Å². The maximum absolute atomic E-state index is 2.57. The fraction of sp³-hybridized carbons (Fsp3) is 0.333. The quantitative estimate of drug-likeness (QED) is 0.778. The molecule has 0 saturated carbocycles. The van der Waals surface area contributed by atoms with Crippen molar-refractivity contribution in [2.24, 2.45) is 0 Å². The van der Waals surface area contributed by atoms with Crippen molar-refractivity contribution in [1.29, 1.82) is 0 Å². The van der Waals surface area contributed by atoms with Crippen LogP contribution in [0.15, 0.2) is 54.6 Å².